The molecule has 0 unspecified atom stereocenters. The Bertz CT molecular complexity index is 352. The molecule has 0 radical (unpaired) electrons. The molecule has 1 rings (SSSR count). The summed E-state index contributed by atoms with van der Waals surface area (Å²) in [5.74, 6) is 0.112. The highest BCUT2D eigenvalue weighted by atomic mass is 16.3. The normalized spacial score (nSPS) is 11.1. The number of aliphatic hydroxyl groups excluding tert-OH is 2. The number of nitrogens with two attached hydrogens (primary N) is 1. The van der Waals surface area contributed by atoms with Gasteiger partial charge in [0.15, 0.2) is 0 Å². The molecule has 0 amide bonds. The second-order valence-corrected chi connectivity index (χ2v) is 4.29. The first-order valence-electron chi connectivity index (χ1n) is 6.19. The predicted molar refractivity (Wildman–Crippen MR) is 71.5 cm³/mol. The molecular formula is C13H22N2O3. The number of aryl methyl sites for hydroxylation is 1. The lowest BCUT2D eigenvalue weighted by molar-refractivity contribution is 0.160. The zero-order chi connectivity index (χ0) is 13.4. The highest BCUT2D eigenvalue weighted by Crippen LogP contribution is 2.21. The molecule has 5 heteroatoms. The number of benzene rings is 1. The van der Waals surface area contributed by atoms with Crippen LogP contribution in [0, 0.1) is 0 Å². The molecule has 0 aromatic heterocycles. The fourth-order valence-electron chi connectivity index (χ4n) is 1.88. The van der Waals surface area contributed by atoms with Gasteiger partial charge in [-0.15, -0.1) is 0 Å². The van der Waals surface area contributed by atoms with Crippen LogP contribution >= 0.6 is 0 Å². The number of nitrogens with zero attached hydrogens (tertiary/aromatic N) is 1. The van der Waals surface area contributed by atoms with E-state index in [2.05, 4.69) is 0 Å². The summed E-state index contributed by atoms with van der Waals surface area (Å²) < 4.78 is 0. The van der Waals surface area contributed by atoms with Crippen LogP contribution in [0.25, 0.3) is 0 Å². The van der Waals surface area contributed by atoms with Crippen molar-refractivity contribution in [2.45, 2.75) is 12.8 Å². The molecule has 0 bridgehead atoms. The van der Waals surface area contributed by atoms with Crippen molar-refractivity contribution in [3.8, 4) is 5.75 Å². The summed E-state index contributed by atoms with van der Waals surface area (Å²) in [6, 6.07) is 5.23. The second kappa shape index (κ2) is 7.92. The summed E-state index contributed by atoms with van der Waals surface area (Å²) in [4.78, 5) is 2.02. The Labute approximate surface area is 107 Å². The molecule has 0 spiro atoms. The van der Waals surface area contributed by atoms with Gasteiger partial charge in [0, 0.05) is 13.1 Å². The number of nitrogen functional groups attached to an aromatic ring is 1. The van der Waals surface area contributed by atoms with Crippen LogP contribution in [0.2, 0.25) is 0 Å². The Morgan fingerprint density at radius 3 is 2.28 bits per heavy atom. The van der Waals surface area contributed by atoms with Crippen molar-refractivity contribution in [3.63, 3.8) is 0 Å². The van der Waals surface area contributed by atoms with E-state index in [1.54, 1.807) is 12.1 Å². The van der Waals surface area contributed by atoms with E-state index in [-0.39, 0.29) is 19.0 Å². The van der Waals surface area contributed by atoms with Gasteiger partial charge in [-0.3, -0.25) is 4.90 Å². The van der Waals surface area contributed by atoms with Crippen molar-refractivity contribution in [2.75, 3.05) is 38.6 Å². The molecule has 1 aromatic carbocycles. The minimum absolute atomic E-state index is 0.103. The summed E-state index contributed by atoms with van der Waals surface area (Å²) in [6.07, 6.45) is 1.78. The minimum atomic E-state index is 0.103. The molecule has 5 N–H and O–H groups in total. The van der Waals surface area contributed by atoms with Crippen LogP contribution in [-0.2, 0) is 6.42 Å². The van der Waals surface area contributed by atoms with E-state index < -0.39 is 0 Å². The topological polar surface area (TPSA) is 90.0 Å². The first-order valence-corrected chi connectivity index (χ1v) is 6.19. The first kappa shape index (κ1) is 14.8. The maximum Gasteiger partial charge on any atom is 0.138 e. The van der Waals surface area contributed by atoms with Gasteiger partial charge in [-0.1, -0.05) is 6.07 Å². The molecule has 5 nitrogen and oxygen atoms in total. The van der Waals surface area contributed by atoms with Crippen molar-refractivity contribution < 1.29 is 15.3 Å². The van der Waals surface area contributed by atoms with E-state index in [0.717, 1.165) is 24.9 Å². The van der Waals surface area contributed by atoms with Gasteiger partial charge in [0.1, 0.15) is 5.75 Å². The van der Waals surface area contributed by atoms with Crippen LogP contribution in [0.4, 0.5) is 5.69 Å². The fraction of sp³-hybridized carbons (Fsp3) is 0.538. The Morgan fingerprint density at radius 2 is 1.72 bits per heavy atom. The zero-order valence-corrected chi connectivity index (χ0v) is 10.5. The maximum absolute atomic E-state index is 9.31. The van der Waals surface area contributed by atoms with Crippen LogP contribution in [0.1, 0.15) is 12.0 Å². The average molecular weight is 254 g/mol. The summed E-state index contributed by atoms with van der Waals surface area (Å²) in [7, 11) is 0. The lowest BCUT2D eigenvalue weighted by atomic mass is 10.1. The van der Waals surface area contributed by atoms with Crippen molar-refractivity contribution in [2.24, 2.45) is 0 Å². The summed E-state index contributed by atoms with van der Waals surface area (Å²) >= 11 is 0. The quantitative estimate of drug-likeness (QED) is 0.393. The SMILES string of the molecule is Nc1cc(CCCN(CCO)CCO)ccc1O. The molecule has 0 fully saturated rings. The van der Waals surface area contributed by atoms with E-state index in [9.17, 15) is 5.11 Å². The average Bonchev–Trinajstić information content (AvgIpc) is 2.34. The van der Waals surface area contributed by atoms with Crippen LogP contribution in [-0.4, -0.2) is 53.1 Å². The smallest absolute Gasteiger partial charge is 0.138 e. The molecule has 0 aliphatic rings. The Balaban J connectivity index is 2.37. The van der Waals surface area contributed by atoms with Gasteiger partial charge in [0.05, 0.1) is 18.9 Å². The number of anilines is 1. The van der Waals surface area contributed by atoms with Crippen LogP contribution < -0.4 is 5.73 Å². The lowest BCUT2D eigenvalue weighted by Gasteiger charge is -2.19. The number of hydrogen-bond acceptors (Lipinski definition) is 5. The number of hydrogen-bond donors (Lipinski definition) is 4. The molecule has 102 valence electrons. The summed E-state index contributed by atoms with van der Waals surface area (Å²) in [5.41, 5.74) is 7.10. The monoisotopic (exact) mass is 254 g/mol. The summed E-state index contributed by atoms with van der Waals surface area (Å²) in [6.45, 7) is 2.19. The van der Waals surface area contributed by atoms with Crippen LogP contribution in [0.5, 0.6) is 5.75 Å². The number of rotatable bonds is 8. The van der Waals surface area contributed by atoms with Gasteiger partial charge in [-0.2, -0.15) is 0 Å². The molecule has 0 heterocycles. The largest absolute Gasteiger partial charge is 0.506 e. The number of aliphatic hydroxyl groups is 2. The molecule has 18 heavy (non-hydrogen) atoms. The Kier molecular flexibility index (Phi) is 6.49. The van der Waals surface area contributed by atoms with Gasteiger partial charge < -0.3 is 21.1 Å². The van der Waals surface area contributed by atoms with Gasteiger partial charge in [0.2, 0.25) is 0 Å². The zero-order valence-electron chi connectivity index (χ0n) is 10.5. The highest BCUT2D eigenvalue weighted by Gasteiger charge is 2.04. The van der Waals surface area contributed by atoms with Crippen molar-refractivity contribution in [3.05, 3.63) is 23.8 Å². The summed E-state index contributed by atoms with van der Waals surface area (Å²) in [5, 5.41) is 27.1. The molecule has 0 aliphatic heterocycles. The standard InChI is InChI=1S/C13H22N2O3/c14-12-10-11(3-4-13(12)18)2-1-5-15(6-8-16)7-9-17/h3-4,10,16-18H,1-2,5-9,14H2. The Hall–Kier alpha value is -1.30. The van der Waals surface area contributed by atoms with Crippen LogP contribution in [0.3, 0.4) is 0 Å². The van der Waals surface area contributed by atoms with E-state index in [1.165, 1.54) is 0 Å². The molecular weight excluding hydrogens is 232 g/mol. The molecule has 0 saturated carbocycles. The lowest BCUT2D eigenvalue weighted by Crippen LogP contribution is -2.31. The van der Waals surface area contributed by atoms with Crippen molar-refractivity contribution in [1.29, 1.82) is 0 Å². The Morgan fingerprint density at radius 1 is 1.06 bits per heavy atom. The molecule has 0 aliphatic carbocycles. The number of phenols is 1. The van der Waals surface area contributed by atoms with Gasteiger partial charge >= 0.3 is 0 Å². The van der Waals surface area contributed by atoms with Gasteiger partial charge in [-0.25, -0.2) is 0 Å². The number of phenolic OH excluding ortho intramolecular Hbond substituents is 1. The van der Waals surface area contributed by atoms with Crippen LogP contribution in [0.15, 0.2) is 18.2 Å². The first-order chi connectivity index (χ1) is 8.67. The molecule has 0 atom stereocenters. The van der Waals surface area contributed by atoms with Gasteiger partial charge in [0.25, 0.3) is 0 Å². The van der Waals surface area contributed by atoms with Crippen molar-refractivity contribution >= 4 is 5.69 Å². The third-order valence-corrected chi connectivity index (χ3v) is 2.86. The van der Waals surface area contributed by atoms with E-state index in [4.69, 9.17) is 15.9 Å². The van der Waals surface area contributed by atoms with E-state index >= 15 is 0 Å². The van der Waals surface area contributed by atoms with Gasteiger partial charge in [-0.05, 0) is 37.1 Å². The van der Waals surface area contributed by atoms with E-state index in [1.807, 2.05) is 11.0 Å². The second-order valence-electron chi connectivity index (χ2n) is 4.29. The van der Waals surface area contributed by atoms with Crippen molar-refractivity contribution in [1.82, 2.24) is 4.90 Å². The number of aromatic hydroxyl groups is 1. The molecule has 0 saturated heterocycles. The van der Waals surface area contributed by atoms with E-state index in [0.29, 0.717) is 18.8 Å². The fourth-order valence-corrected chi connectivity index (χ4v) is 1.88. The third kappa shape index (κ3) is 4.91. The molecule has 1 aromatic rings. The minimum Gasteiger partial charge on any atom is -0.506 e. The maximum atomic E-state index is 9.31. The third-order valence-electron chi connectivity index (χ3n) is 2.86. The predicted octanol–water partition coefficient (Wildman–Crippen LogP) is 0.194. The highest BCUT2D eigenvalue weighted by molar-refractivity contribution is 5.53.